The molecule has 0 unspecified atom stereocenters. The van der Waals surface area contributed by atoms with Gasteiger partial charge < -0.3 is 5.32 Å². The monoisotopic (exact) mass is 340 g/mol. The number of nitrogens with one attached hydrogen (secondary N) is 1. The molecular formula is C24H24N2. The maximum absolute atomic E-state index is 5.15. The summed E-state index contributed by atoms with van der Waals surface area (Å²) < 4.78 is 0. The molecule has 6 rings (SSSR count). The van der Waals surface area contributed by atoms with Crippen LogP contribution in [0.3, 0.4) is 0 Å². The van der Waals surface area contributed by atoms with E-state index in [-0.39, 0.29) is 6.04 Å². The summed E-state index contributed by atoms with van der Waals surface area (Å²) in [7, 11) is 0. The molecule has 1 aromatic heterocycles. The zero-order valence-electron chi connectivity index (χ0n) is 15.3. The molecule has 1 saturated carbocycles. The molecule has 26 heavy (non-hydrogen) atoms. The lowest BCUT2D eigenvalue weighted by atomic mass is 9.46. The van der Waals surface area contributed by atoms with Gasteiger partial charge in [0.15, 0.2) is 0 Å². The van der Waals surface area contributed by atoms with Crippen molar-refractivity contribution in [3.63, 3.8) is 0 Å². The van der Waals surface area contributed by atoms with Crippen LogP contribution in [0.2, 0.25) is 0 Å². The van der Waals surface area contributed by atoms with Gasteiger partial charge in [0, 0.05) is 11.3 Å². The van der Waals surface area contributed by atoms with Gasteiger partial charge in [0.1, 0.15) is 0 Å². The first-order chi connectivity index (χ1) is 12.6. The molecule has 3 atom stereocenters. The summed E-state index contributed by atoms with van der Waals surface area (Å²) in [6, 6.07) is 25.8. The second-order valence-corrected chi connectivity index (χ2v) is 8.24. The second kappa shape index (κ2) is 5.70. The third-order valence-corrected chi connectivity index (χ3v) is 6.54. The van der Waals surface area contributed by atoms with Gasteiger partial charge in [-0.1, -0.05) is 68.4 Å². The van der Waals surface area contributed by atoms with Gasteiger partial charge >= 0.3 is 0 Å². The molecule has 0 amide bonds. The van der Waals surface area contributed by atoms with E-state index in [1.807, 2.05) is 0 Å². The molecule has 1 fully saturated rings. The number of aromatic nitrogens is 1. The van der Waals surface area contributed by atoms with Crippen molar-refractivity contribution < 1.29 is 0 Å². The summed E-state index contributed by atoms with van der Waals surface area (Å²) >= 11 is 0. The molecule has 0 aliphatic heterocycles. The van der Waals surface area contributed by atoms with Crippen LogP contribution in [0.15, 0.2) is 72.8 Å². The minimum Gasteiger partial charge on any atom is -0.376 e. The van der Waals surface area contributed by atoms with Gasteiger partial charge in [0.2, 0.25) is 0 Å². The molecule has 2 bridgehead atoms. The Morgan fingerprint density at radius 3 is 2.27 bits per heavy atom. The highest BCUT2D eigenvalue weighted by Crippen LogP contribution is 2.66. The average molecular weight is 340 g/mol. The fraction of sp³-hybridized carbons (Fsp3) is 0.292. The summed E-state index contributed by atoms with van der Waals surface area (Å²) in [5.41, 5.74) is 6.45. The molecule has 1 N–H and O–H groups in total. The van der Waals surface area contributed by atoms with Crippen LogP contribution in [0.25, 0.3) is 11.3 Å². The van der Waals surface area contributed by atoms with Crippen LogP contribution in [0.4, 0.5) is 5.69 Å². The van der Waals surface area contributed by atoms with Crippen molar-refractivity contribution in [2.75, 3.05) is 5.32 Å². The van der Waals surface area contributed by atoms with Crippen LogP contribution < -0.4 is 5.32 Å². The topological polar surface area (TPSA) is 24.9 Å². The molecule has 0 spiro atoms. The fourth-order valence-electron chi connectivity index (χ4n) is 4.93. The van der Waals surface area contributed by atoms with Crippen LogP contribution in [0, 0.1) is 11.3 Å². The zero-order valence-corrected chi connectivity index (χ0v) is 15.3. The van der Waals surface area contributed by atoms with Crippen molar-refractivity contribution in [3.8, 4) is 11.3 Å². The van der Waals surface area contributed by atoms with Gasteiger partial charge in [-0.3, -0.25) is 4.98 Å². The highest BCUT2D eigenvalue weighted by atomic mass is 15.0. The van der Waals surface area contributed by atoms with E-state index in [4.69, 9.17) is 4.98 Å². The van der Waals surface area contributed by atoms with Crippen LogP contribution >= 0.6 is 0 Å². The van der Waals surface area contributed by atoms with E-state index < -0.39 is 0 Å². The lowest BCUT2D eigenvalue weighted by Gasteiger charge is -2.60. The maximum Gasteiger partial charge on any atom is 0.0722 e. The van der Waals surface area contributed by atoms with E-state index in [1.54, 1.807) is 0 Å². The lowest BCUT2D eigenvalue weighted by Crippen LogP contribution is -2.52. The number of pyridine rings is 1. The molecule has 0 saturated heterocycles. The van der Waals surface area contributed by atoms with E-state index in [2.05, 4.69) is 92.0 Å². The molecule has 1 heterocycles. The highest BCUT2D eigenvalue weighted by Gasteiger charge is 2.57. The normalized spacial score (nSPS) is 25.1. The second-order valence-electron chi connectivity index (χ2n) is 8.24. The van der Waals surface area contributed by atoms with Gasteiger partial charge in [-0.15, -0.1) is 0 Å². The van der Waals surface area contributed by atoms with Crippen LogP contribution in [-0.4, -0.2) is 4.98 Å². The van der Waals surface area contributed by atoms with Gasteiger partial charge in [-0.05, 0) is 47.4 Å². The minimum atomic E-state index is 0.274. The number of anilines is 1. The Bertz CT molecular complexity index is 931. The highest BCUT2D eigenvalue weighted by molar-refractivity contribution is 5.61. The van der Waals surface area contributed by atoms with Crippen molar-refractivity contribution in [3.05, 3.63) is 84.1 Å². The number of hydrogen-bond donors (Lipinski definition) is 1. The van der Waals surface area contributed by atoms with Crippen LogP contribution in [0.1, 0.15) is 43.5 Å². The summed E-state index contributed by atoms with van der Waals surface area (Å²) in [4.78, 5) is 5.15. The summed E-state index contributed by atoms with van der Waals surface area (Å²) in [5, 5.41) is 3.80. The molecule has 0 radical (unpaired) electrons. The van der Waals surface area contributed by atoms with Crippen LogP contribution in [0.5, 0.6) is 0 Å². The number of rotatable bonds is 3. The first kappa shape index (κ1) is 15.6. The SMILES string of the molecule is CC1(C)[C@@H]2C[C@@H]1[C@H](Nc1ccccc1)c1nc(-c3ccccc3)ccc12. The Morgan fingerprint density at radius 1 is 0.885 bits per heavy atom. The smallest absolute Gasteiger partial charge is 0.0722 e. The Labute approximate surface area is 155 Å². The molecule has 2 nitrogen and oxygen atoms in total. The van der Waals surface area contributed by atoms with Gasteiger partial charge in [0.25, 0.3) is 0 Å². The molecule has 2 heteroatoms. The first-order valence-corrected chi connectivity index (χ1v) is 9.52. The van der Waals surface area contributed by atoms with E-state index in [1.165, 1.54) is 28.9 Å². The molecule has 3 aromatic rings. The number of para-hydroxylation sites is 1. The minimum absolute atomic E-state index is 0.274. The Kier molecular flexibility index (Phi) is 3.43. The summed E-state index contributed by atoms with van der Waals surface area (Å²) in [6.45, 7) is 4.83. The van der Waals surface area contributed by atoms with E-state index in [0.717, 1.165) is 5.69 Å². The van der Waals surface area contributed by atoms with E-state index in [9.17, 15) is 0 Å². The largest absolute Gasteiger partial charge is 0.376 e. The lowest BCUT2D eigenvalue weighted by molar-refractivity contribution is -0.000331. The van der Waals surface area contributed by atoms with Crippen molar-refractivity contribution in [1.29, 1.82) is 0 Å². The molecule has 130 valence electrons. The van der Waals surface area contributed by atoms with E-state index >= 15 is 0 Å². The third-order valence-electron chi connectivity index (χ3n) is 6.54. The van der Waals surface area contributed by atoms with E-state index in [0.29, 0.717) is 17.3 Å². The Hall–Kier alpha value is -2.61. The summed E-state index contributed by atoms with van der Waals surface area (Å²) in [5.74, 6) is 1.26. The maximum atomic E-state index is 5.15. The predicted molar refractivity (Wildman–Crippen MR) is 107 cm³/mol. The van der Waals surface area contributed by atoms with Crippen molar-refractivity contribution in [1.82, 2.24) is 4.98 Å². The Morgan fingerprint density at radius 2 is 1.58 bits per heavy atom. The third kappa shape index (κ3) is 2.28. The fourth-order valence-corrected chi connectivity index (χ4v) is 4.93. The number of benzene rings is 2. The van der Waals surface area contributed by atoms with Crippen LogP contribution in [-0.2, 0) is 0 Å². The summed E-state index contributed by atoms with van der Waals surface area (Å²) in [6.07, 6.45) is 1.26. The van der Waals surface area contributed by atoms with Crippen molar-refractivity contribution in [2.24, 2.45) is 11.3 Å². The zero-order chi connectivity index (χ0) is 17.7. The molecule has 3 aliphatic carbocycles. The van der Waals surface area contributed by atoms with Gasteiger partial charge in [-0.2, -0.15) is 0 Å². The predicted octanol–water partition coefficient (Wildman–Crippen LogP) is 6.05. The van der Waals surface area contributed by atoms with Crippen molar-refractivity contribution >= 4 is 5.69 Å². The Balaban J connectivity index is 1.60. The molecule has 2 aromatic carbocycles. The number of hydrogen-bond acceptors (Lipinski definition) is 2. The standard InChI is InChI=1S/C24H24N2/c1-24(2)19-15-20(24)23(25-17-11-7-4-8-12-17)22-18(19)13-14-21(26-22)16-9-5-3-6-10-16/h3-14,19-20,23,25H,15H2,1-2H3/t19-,20-,23+/m1/s1. The first-order valence-electron chi connectivity index (χ1n) is 9.52. The van der Waals surface area contributed by atoms with Gasteiger partial charge in [0.05, 0.1) is 17.4 Å². The quantitative estimate of drug-likeness (QED) is 0.628. The molecule has 3 aliphatic rings. The van der Waals surface area contributed by atoms with Crippen molar-refractivity contribution in [2.45, 2.75) is 32.2 Å². The molecular weight excluding hydrogens is 316 g/mol. The number of nitrogens with zero attached hydrogens (tertiary/aromatic N) is 1. The van der Waals surface area contributed by atoms with Gasteiger partial charge in [-0.25, -0.2) is 0 Å². The average Bonchev–Trinajstić information content (AvgIpc) is 2.68.